The van der Waals surface area contributed by atoms with Crippen molar-refractivity contribution in [3.63, 3.8) is 0 Å². The largest absolute Gasteiger partial charge is 0.351 e. The summed E-state index contributed by atoms with van der Waals surface area (Å²) in [5.74, 6) is 0.238. The summed E-state index contributed by atoms with van der Waals surface area (Å²) in [6.45, 7) is 2.53. The molecule has 27 heavy (non-hydrogen) atoms. The molecular weight excluding hydrogens is 380 g/mol. The van der Waals surface area contributed by atoms with Crippen molar-refractivity contribution in [2.45, 2.75) is 18.5 Å². The summed E-state index contributed by atoms with van der Waals surface area (Å²) in [6, 6.07) is 13.6. The van der Waals surface area contributed by atoms with Gasteiger partial charge in [0.2, 0.25) is 5.91 Å². The Labute approximate surface area is 165 Å². The van der Waals surface area contributed by atoms with E-state index in [1.54, 1.807) is 6.33 Å². The van der Waals surface area contributed by atoms with E-state index in [-0.39, 0.29) is 11.7 Å². The molecule has 0 unspecified atom stereocenters. The van der Waals surface area contributed by atoms with Crippen LogP contribution in [-0.4, -0.2) is 26.6 Å². The molecule has 2 aromatic heterocycles. The Morgan fingerprint density at radius 3 is 2.81 bits per heavy atom. The molecule has 5 nitrogen and oxygen atoms in total. The Hall–Kier alpha value is -2.57. The highest BCUT2D eigenvalue weighted by Gasteiger charge is 2.12. The van der Waals surface area contributed by atoms with Crippen molar-refractivity contribution in [2.24, 2.45) is 0 Å². The maximum atomic E-state index is 12.2. The monoisotopic (exact) mass is 396 g/mol. The summed E-state index contributed by atoms with van der Waals surface area (Å²) in [4.78, 5) is 24.3. The highest BCUT2D eigenvalue weighted by atomic mass is 35.5. The molecule has 0 aliphatic rings. The van der Waals surface area contributed by atoms with Crippen molar-refractivity contribution >= 4 is 51.2 Å². The fraction of sp³-hybridized carbons (Fsp3) is 0.150. The van der Waals surface area contributed by atoms with Crippen LogP contribution in [0.2, 0.25) is 5.02 Å². The Morgan fingerprint density at radius 2 is 2.00 bits per heavy atom. The van der Waals surface area contributed by atoms with Crippen LogP contribution in [0.4, 0.5) is 0 Å². The topological polar surface area (TPSA) is 70.7 Å². The highest BCUT2D eigenvalue weighted by Crippen LogP contribution is 2.30. The third kappa shape index (κ3) is 3.91. The SMILES string of the molecule is Cc1ccc2[nH]c3c(SCC(=O)NCc4ccc(Cl)cc4)ncnc3c2c1. The smallest absolute Gasteiger partial charge is 0.230 e. The van der Waals surface area contributed by atoms with E-state index in [9.17, 15) is 4.79 Å². The molecule has 0 fully saturated rings. The number of benzene rings is 2. The summed E-state index contributed by atoms with van der Waals surface area (Å²) >= 11 is 7.27. The second-order valence-electron chi connectivity index (χ2n) is 6.27. The molecule has 0 atom stereocenters. The van der Waals surface area contributed by atoms with E-state index in [2.05, 4.69) is 39.3 Å². The van der Waals surface area contributed by atoms with E-state index in [4.69, 9.17) is 11.6 Å². The van der Waals surface area contributed by atoms with Crippen LogP contribution in [0.5, 0.6) is 0 Å². The first-order chi connectivity index (χ1) is 13.1. The van der Waals surface area contributed by atoms with E-state index >= 15 is 0 Å². The first-order valence-corrected chi connectivity index (χ1v) is 9.83. The maximum absolute atomic E-state index is 12.2. The number of carbonyl (C=O) groups is 1. The number of nitrogens with zero attached hydrogens (tertiary/aromatic N) is 2. The van der Waals surface area contributed by atoms with E-state index in [0.29, 0.717) is 11.6 Å². The Kier molecular flexibility index (Phi) is 5.01. The van der Waals surface area contributed by atoms with Crippen molar-refractivity contribution in [2.75, 3.05) is 5.75 Å². The predicted octanol–water partition coefficient (Wildman–Crippen LogP) is 4.48. The van der Waals surface area contributed by atoms with E-state index in [0.717, 1.165) is 32.5 Å². The molecule has 7 heteroatoms. The van der Waals surface area contributed by atoms with Gasteiger partial charge in [0.25, 0.3) is 0 Å². The molecule has 2 aromatic carbocycles. The van der Waals surface area contributed by atoms with Crippen LogP contribution in [0.1, 0.15) is 11.1 Å². The van der Waals surface area contributed by atoms with Crippen LogP contribution in [0.15, 0.2) is 53.8 Å². The minimum atomic E-state index is -0.0475. The van der Waals surface area contributed by atoms with Gasteiger partial charge in [-0.2, -0.15) is 0 Å². The number of carbonyl (C=O) groups excluding carboxylic acids is 1. The van der Waals surface area contributed by atoms with Gasteiger partial charge in [0.15, 0.2) is 0 Å². The van der Waals surface area contributed by atoms with Crippen molar-refractivity contribution < 1.29 is 4.79 Å². The van der Waals surface area contributed by atoms with Gasteiger partial charge in [0.05, 0.1) is 11.3 Å². The molecule has 2 N–H and O–H groups in total. The molecule has 2 heterocycles. The lowest BCUT2D eigenvalue weighted by molar-refractivity contribution is -0.118. The second-order valence-corrected chi connectivity index (χ2v) is 7.67. The molecule has 136 valence electrons. The number of aromatic nitrogens is 3. The van der Waals surface area contributed by atoms with Crippen molar-refractivity contribution in [3.8, 4) is 0 Å². The number of aryl methyl sites for hydroxylation is 1. The van der Waals surface area contributed by atoms with Crippen molar-refractivity contribution in [1.82, 2.24) is 20.3 Å². The lowest BCUT2D eigenvalue weighted by Gasteiger charge is -2.05. The van der Waals surface area contributed by atoms with Gasteiger partial charge in [-0.05, 0) is 36.8 Å². The Bertz CT molecular complexity index is 1120. The molecule has 0 spiro atoms. The van der Waals surface area contributed by atoms with E-state index in [1.165, 1.54) is 17.3 Å². The normalized spacial score (nSPS) is 11.2. The fourth-order valence-electron chi connectivity index (χ4n) is 2.88. The average molecular weight is 397 g/mol. The zero-order valence-electron chi connectivity index (χ0n) is 14.6. The Balaban J connectivity index is 1.46. The summed E-state index contributed by atoms with van der Waals surface area (Å²) in [6.07, 6.45) is 1.55. The quantitative estimate of drug-likeness (QED) is 0.385. The van der Waals surface area contributed by atoms with Crippen LogP contribution in [0.25, 0.3) is 21.9 Å². The third-order valence-corrected chi connectivity index (χ3v) is 5.49. The number of fused-ring (bicyclic) bond motifs is 3. The number of nitrogens with one attached hydrogen (secondary N) is 2. The van der Waals surface area contributed by atoms with Gasteiger partial charge >= 0.3 is 0 Å². The number of amides is 1. The van der Waals surface area contributed by atoms with Crippen LogP contribution in [-0.2, 0) is 11.3 Å². The third-order valence-electron chi connectivity index (χ3n) is 4.25. The molecule has 1 amide bonds. The van der Waals surface area contributed by atoms with Gasteiger partial charge in [-0.3, -0.25) is 4.79 Å². The molecule has 0 saturated carbocycles. The van der Waals surface area contributed by atoms with Crippen molar-refractivity contribution in [3.05, 3.63) is 64.9 Å². The summed E-state index contributed by atoms with van der Waals surface area (Å²) in [5, 5.41) is 5.44. The second kappa shape index (κ2) is 7.58. The first kappa shape index (κ1) is 17.8. The summed E-state index contributed by atoms with van der Waals surface area (Å²) in [5.41, 5.74) is 4.96. The van der Waals surface area contributed by atoms with Crippen LogP contribution >= 0.6 is 23.4 Å². The minimum Gasteiger partial charge on any atom is -0.351 e. The van der Waals surface area contributed by atoms with Gasteiger partial charge in [0, 0.05) is 22.5 Å². The standard InChI is InChI=1S/C20H17ClN4OS/c1-12-2-7-16-15(8-12)18-19(25-16)20(24-11-23-18)27-10-17(26)22-9-13-3-5-14(21)6-4-13/h2-8,11,25H,9-10H2,1H3,(H,22,26). The number of H-pyrrole nitrogens is 1. The van der Waals surface area contributed by atoms with E-state index in [1.807, 2.05) is 30.3 Å². The average Bonchev–Trinajstić information content (AvgIpc) is 3.04. The number of hydrogen-bond donors (Lipinski definition) is 2. The number of halogens is 1. The molecule has 4 aromatic rings. The first-order valence-electron chi connectivity index (χ1n) is 8.47. The zero-order valence-corrected chi connectivity index (χ0v) is 16.2. The van der Waals surface area contributed by atoms with Crippen LogP contribution < -0.4 is 5.32 Å². The molecule has 0 saturated heterocycles. The molecule has 0 radical (unpaired) electrons. The lowest BCUT2D eigenvalue weighted by Crippen LogP contribution is -2.24. The molecule has 0 aliphatic carbocycles. The fourth-order valence-corrected chi connectivity index (χ4v) is 3.79. The van der Waals surface area contributed by atoms with Gasteiger partial charge in [-0.1, -0.05) is 47.1 Å². The molecule has 4 rings (SSSR count). The highest BCUT2D eigenvalue weighted by molar-refractivity contribution is 8.00. The lowest BCUT2D eigenvalue weighted by atomic mass is 10.2. The molecular formula is C20H17ClN4OS. The number of aromatic amines is 1. The van der Waals surface area contributed by atoms with Crippen LogP contribution in [0, 0.1) is 6.92 Å². The summed E-state index contributed by atoms with van der Waals surface area (Å²) < 4.78 is 0. The van der Waals surface area contributed by atoms with E-state index < -0.39 is 0 Å². The number of thioether (sulfide) groups is 1. The number of hydrogen-bond acceptors (Lipinski definition) is 4. The van der Waals surface area contributed by atoms with Gasteiger partial charge in [-0.25, -0.2) is 9.97 Å². The summed E-state index contributed by atoms with van der Waals surface area (Å²) in [7, 11) is 0. The van der Waals surface area contributed by atoms with Crippen molar-refractivity contribution in [1.29, 1.82) is 0 Å². The van der Waals surface area contributed by atoms with Gasteiger partial charge in [0.1, 0.15) is 16.9 Å². The van der Waals surface area contributed by atoms with Gasteiger partial charge < -0.3 is 10.3 Å². The van der Waals surface area contributed by atoms with Crippen LogP contribution in [0.3, 0.4) is 0 Å². The zero-order chi connectivity index (χ0) is 18.8. The minimum absolute atomic E-state index is 0.0475. The molecule has 0 aliphatic heterocycles. The predicted molar refractivity (Wildman–Crippen MR) is 110 cm³/mol. The maximum Gasteiger partial charge on any atom is 0.230 e. The molecule has 0 bridgehead atoms. The Morgan fingerprint density at radius 1 is 1.19 bits per heavy atom. The number of rotatable bonds is 5. The van der Waals surface area contributed by atoms with Gasteiger partial charge in [-0.15, -0.1) is 0 Å².